The highest BCUT2D eigenvalue weighted by Gasteiger charge is 2.21. The zero-order valence-corrected chi connectivity index (χ0v) is 13.8. The minimum absolute atomic E-state index is 0.112. The first-order chi connectivity index (χ1) is 10.6. The van der Waals surface area contributed by atoms with E-state index in [1.54, 1.807) is 6.08 Å². The van der Waals surface area contributed by atoms with E-state index in [-0.39, 0.29) is 5.75 Å². The molecule has 22 heavy (non-hydrogen) atoms. The molecule has 0 saturated heterocycles. The Bertz CT molecular complexity index is 579. The fraction of sp³-hybridized carbons (Fsp3) is 0.529. The standard InChI is InChI=1S/C17H25NO3S/c1-2-3-12-22(19,20)18-11-5-7-15-6-4-8-17(13-15)21-14-16-9-10-16/h2,4,6,8,13,16,18H,1,3,5,7,9-12,14H2. The number of sulfonamides is 1. The Hall–Kier alpha value is -1.33. The van der Waals surface area contributed by atoms with Crippen LogP contribution in [0.15, 0.2) is 36.9 Å². The first-order valence-electron chi connectivity index (χ1n) is 7.89. The van der Waals surface area contributed by atoms with Crippen molar-refractivity contribution in [2.45, 2.75) is 32.1 Å². The van der Waals surface area contributed by atoms with E-state index < -0.39 is 10.0 Å². The molecule has 0 radical (unpaired) electrons. The minimum atomic E-state index is -3.16. The lowest BCUT2D eigenvalue weighted by Gasteiger charge is -2.08. The Morgan fingerprint density at radius 3 is 2.91 bits per heavy atom. The zero-order valence-electron chi connectivity index (χ0n) is 13.0. The van der Waals surface area contributed by atoms with Crippen molar-refractivity contribution in [2.75, 3.05) is 18.9 Å². The molecular weight excluding hydrogens is 298 g/mol. The van der Waals surface area contributed by atoms with E-state index in [0.29, 0.717) is 13.0 Å². The highest BCUT2D eigenvalue weighted by molar-refractivity contribution is 7.89. The number of rotatable bonds is 11. The number of ether oxygens (including phenoxy) is 1. The van der Waals surface area contributed by atoms with Crippen LogP contribution in [0.25, 0.3) is 0 Å². The SMILES string of the molecule is C=CCCS(=O)(=O)NCCCc1cccc(OCC2CC2)c1. The van der Waals surface area contributed by atoms with Crippen molar-refractivity contribution in [3.8, 4) is 5.75 Å². The van der Waals surface area contributed by atoms with Crippen molar-refractivity contribution in [2.24, 2.45) is 5.92 Å². The van der Waals surface area contributed by atoms with Crippen molar-refractivity contribution >= 4 is 10.0 Å². The van der Waals surface area contributed by atoms with Gasteiger partial charge in [0.2, 0.25) is 10.0 Å². The van der Waals surface area contributed by atoms with Gasteiger partial charge < -0.3 is 4.74 Å². The van der Waals surface area contributed by atoms with Crippen LogP contribution < -0.4 is 9.46 Å². The van der Waals surface area contributed by atoms with Crippen LogP contribution >= 0.6 is 0 Å². The van der Waals surface area contributed by atoms with Gasteiger partial charge in [0.05, 0.1) is 12.4 Å². The minimum Gasteiger partial charge on any atom is -0.493 e. The summed E-state index contributed by atoms with van der Waals surface area (Å²) in [5.74, 6) is 1.77. The summed E-state index contributed by atoms with van der Waals surface area (Å²) in [6.07, 6.45) is 6.28. The maximum Gasteiger partial charge on any atom is 0.211 e. The fourth-order valence-corrected chi connectivity index (χ4v) is 3.20. The first-order valence-corrected chi connectivity index (χ1v) is 9.54. The Kier molecular flexibility index (Phi) is 6.46. The number of hydrogen-bond donors (Lipinski definition) is 1. The van der Waals surface area contributed by atoms with Gasteiger partial charge in [0, 0.05) is 6.54 Å². The van der Waals surface area contributed by atoms with Crippen molar-refractivity contribution in [3.05, 3.63) is 42.5 Å². The lowest BCUT2D eigenvalue weighted by atomic mass is 10.1. The molecule has 1 aromatic rings. The summed E-state index contributed by atoms with van der Waals surface area (Å²) >= 11 is 0. The molecule has 1 aromatic carbocycles. The summed E-state index contributed by atoms with van der Waals surface area (Å²) in [5.41, 5.74) is 1.18. The summed E-state index contributed by atoms with van der Waals surface area (Å²) in [4.78, 5) is 0. The average molecular weight is 323 g/mol. The summed E-state index contributed by atoms with van der Waals surface area (Å²) in [7, 11) is -3.16. The second-order valence-corrected chi connectivity index (χ2v) is 7.72. The highest BCUT2D eigenvalue weighted by Crippen LogP contribution is 2.29. The number of allylic oxidation sites excluding steroid dienone is 1. The maximum absolute atomic E-state index is 11.6. The molecule has 0 aromatic heterocycles. The molecule has 0 amide bonds. The molecule has 0 atom stereocenters. The molecule has 1 N–H and O–H groups in total. The lowest BCUT2D eigenvalue weighted by molar-refractivity contribution is 0.299. The third-order valence-corrected chi connectivity index (χ3v) is 5.05. The van der Waals surface area contributed by atoms with Gasteiger partial charge in [-0.1, -0.05) is 18.2 Å². The Labute approximate surface area is 133 Å². The molecule has 1 saturated carbocycles. The molecular formula is C17H25NO3S. The van der Waals surface area contributed by atoms with Crippen molar-refractivity contribution in [3.63, 3.8) is 0 Å². The van der Waals surface area contributed by atoms with Crippen LogP contribution in [-0.2, 0) is 16.4 Å². The van der Waals surface area contributed by atoms with Gasteiger partial charge >= 0.3 is 0 Å². The van der Waals surface area contributed by atoms with E-state index in [4.69, 9.17) is 4.74 Å². The van der Waals surface area contributed by atoms with Gasteiger partial charge in [0.25, 0.3) is 0 Å². The molecule has 122 valence electrons. The van der Waals surface area contributed by atoms with E-state index in [9.17, 15) is 8.42 Å². The smallest absolute Gasteiger partial charge is 0.211 e. The molecule has 0 heterocycles. The normalized spacial score (nSPS) is 14.7. The highest BCUT2D eigenvalue weighted by atomic mass is 32.2. The topological polar surface area (TPSA) is 55.4 Å². The second kappa shape index (κ2) is 8.34. The van der Waals surface area contributed by atoms with Crippen LogP contribution in [0, 0.1) is 5.92 Å². The van der Waals surface area contributed by atoms with Gasteiger partial charge in [-0.15, -0.1) is 6.58 Å². The molecule has 2 rings (SSSR count). The molecule has 0 aliphatic heterocycles. The molecule has 0 spiro atoms. The van der Waals surface area contributed by atoms with Gasteiger partial charge in [-0.05, 0) is 55.7 Å². The monoisotopic (exact) mass is 323 g/mol. The van der Waals surface area contributed by atoms with E-state index in [1.165, 1.54) is 18.4 Å². The lowest BCUT2D eigenvalue weighted by Crippen LogP contribution is -2.27. The molecule has 0 unspecified atom stereocenters. The molecule has 4 nitrogen and oxygen atoms in total. The first kappa shape index (κ1) is 17.0. The van der Waals surface area contributed by atoms with Crippen molar-refractivity contribution in [1.82, 2.24) is 4.72 Å². The second-order valence-electron chi connectivity index (χ2n) is 5.80. The Morgan fingerprint density at radius 1 is 1.36 bits per heavy atom. The molecule has 1 aliphatic carbocycles. The third kappa shape index (κ3) is 6.62. The van der Waals surface area contributed by atoms with Gasteiger partial charge in [-0.3, -0.25) is 0 Å². The average Bonchev–Trinajstić information content (AvgIpc) is 3.32. The molecule has 1 fully saturated rings. The molecule has 1 aliphatic rings. The van der Waals surface area contributed by atoms with Gasteiger partial charge in [0.15, 0.2) is 0 Å². The quantitative estimate of drug-likeness (QED) is 0.503. The predicted molar refractivity (Wildman–Crippen MR) is 89.6 cm³/mol. The number of nitrogens with one attached hydrogen (secondary N) is 1. The number of aryl methyl sites for hydroxylation is 1. The van der Waals surface area contributed by atoms with E-state index >= 15 is 0 Å². The van der Waals surface area contributed by atoms with Gasteiger partial charge in [0.1, 0.15) is 5.75 Å². The molecule has 5 heteroatoms. The predicted octanol–water partition coefficient (Wildman–Crippen LogP) is 2.90. The van der Waals surface area contributed by atoms with E-state index in [2.05, 4.69) is 23.4 Å². The fourth-order valence-electron chi connectivity index (χ4n) is 2.12. The number of hydrogen-bond acceptors (Lipinski definition) is 3. The Morgan fingerprint density at radius 2 is 2.18 bits per heavy atom. The van der Waals surface area contributed by atoms with Gasteiger partial charge in [-0.25, -0.2) is 13.1 Å². The van der Waals surface area contributed by atoms with Gasteiger partial charge in [-0.2, -0.15) is 0 Å². The van der Waals surface area contributed by atoms with Crippen molar-refractivity contribution < 1.29 is 13.2 Å². The summed E-state index contributed by atoms with van der Waals surface area (Å²) in [5, 5.41) is 0. The maximum atomic E-state index is 11.6. The summed E-state index contributed by atoms with van der Waals surface area (Å²) in [6.45, 7) is 4.81. The largest absolute Gasteiger partial charge is 0.493 e. The van der Waals surface area contributed by atoms with Crippen LogP contribution in [0.5, 0.6) is 5.75 Å². The van der Waals surface area contributed by atoms with Crippen LogP contribution in [-0.4, -0.2) is 27.3 Å². The number of benzene rings is 1. The summed E-state index contributed by atoms with van der Waals surface area (Å²) in [6, 6.07) is 8.07. The van der Waals surface area contributed by atoms with E-state index in [1.807, 2.05) is 12.1 Å². The van der Waals surface area contributed by atoms with Crippen LogP contribution in [0.3, 0.4) is 0 Å². The summed E-state index contributed by atoms with van der Waals surface area (Å²) < 4.78 is 31.6. The third-order valence-electron chi connectivity index (χ3n) is 3.64. The van der Waals surface area contributed by atoms with Crippen LogP contribution in [0.4, 0.5) is 0 Å². The molecule has 0 bridgehead atoms. The van der Waals surface area contributed by atoms with E-state index in [0.717, 1.165) is 31.1 Å². The zero-order chi connectivity index (χ0) is 15.8. The Balaban J connectivity index is 1.69. The van der Waals surface area contributed by atoms with Crippen LogP contribution in [0.1, 0.15) is 31.2 Å². The van der Waals surface area contributed by atoms with Crippen molar-refractivity contribution in [1.29, 1.82) is 0 Å². The van der Waals surface area contributed by atoms with Crippen LogP contribution in [0.2, 0.25) is 0 Å².